The van der Waals surface area contributed by atoms with Crippen LogP contribution >= 0.6 is 12.6 Å². The number of benzene rings is 1. The molecule has 0 aliphatic heterocycles. The van der Waals surface area contributed by atoms with Crippen LogP contribution in [0, 0.1) is 5.92 Å². The number of aromatic carboxylic acids is 1. The van der Waals surface area contributed by atoms with E-state index in [4.69, 9.17) is 5.11 Å². The van der Waals surface area contributed by atoms with E-state index in [0.29, 0.717) is 12.8 Å². The largest absolute Gasteiger partial charge is 0.481 e. The van der Waals surface area contributed by atoms with Crippen molar-refractivity contribution in [1.82, 2.24) is 0 Å². The van der Waals surface area contributed by atoms with Gasteiger partial charge in [-0.1, -0.05) is 25.0 Å². The summed E-state index contributed by atoms with van der Waals surface area (Å²) in [4.78, 5) is 22.1. The molecule has 0 aliphatic carbocycles. The average molecular weight is 296 g/mol. The minimum atomic E-state index is -0.993. The number of hydrogen-bond acceptors (Lipinski definition) is 3. The van der Waals surface area contributed by atoms with Gasteiger partial charge in [-0.15, -0.1) is 0 Å². The zero-order chi connectivity index (χ0) is 15.0. The molecule has 2 N–H and O–H groups in total. The summed E-state index contributed by atoms with van der Waals surface area (Å²) in [5.41, 5.74) is 0.952. The van der Waals surface area contributed by atoms with Gasteiger partial charge >= 0.3 is 11.9 Å². The molecule has 0 amide bonds. The molecular formula is C15H20O4S. The molecule has 0 aliphatic rings. The molecule has 0 saturated carbocycles. The third kappa shape index (κ3) is 5.65. The van der Waals surface area contributed by atoms with Gasteiger partial charge in [-0.05, 0) is 42.7 Å². The van der Waals surface area contributed by atoms with Crippen molar-refractivity contribution in [3.05, 3.63) is 35.4 Å². The maximum Gasteiger partial charge on any atom is 0.335 e. The van der Waals surface area contributed by atoms with Gasteiger partial charge in [0.05, 0.1) is 11.5 Å². The SMILES string of the molecule is O=C(O)c1cccc(C[C@@H](CCCCCS)C(=O)O)c1. The molecule has 1 aromatic rings. The van der Waals surface area contributed by atoms with E-state index in [0.717, 1.165) is 30.6 Å². The van der Waals surface area contributed by atoms with Crippen LogP contribution in [0.4, 0.5) is 0 Å². The predicted octanol–water partition coefficient (Wildman–Crippen LogP) is 3.12. The smallest absolute Gasteiger partial charge is 0.335 e. The van der Waals surface area contributed by atoms with E-state index < -0.39 is 17.9 Å². The van der Waals surface area contributed by atoms with E-state index in [1.54, 1.807) is 18.2 Å². The fourth-order valence-electron chi connectivity index (χ4n) is 2.11. The summed E-state index contributed by atoms with van der Waals surface area (Å²) in [6.45, 7) is 0. The van der Waals surface area contributed by atoms with Crippen molar-refractivity contribution >= 4 is 24.6 Å². The first-order chi connectivity index (χ1) is 9.54. The number of carboxylic acid groups (broad SMARTS) is 2. The van der Waals surface area contributed by atoms with Gasteiger partial charge in [-0.25, -0.2) is 4.79 Å². The van der Waals surface area contributed by atoms with Crippen molar-refractivity contribution < 1.29 is 19.8 Å². The van der Waals surface area contributed by atoms with Crippen LogP contribution in [0.3, 0.4) is 0 Å². The number of unbranched alkanes of at least 4 members (excludes halogenated alkanes) is 2. The van der Waals surface area contributed by atoms with E-state index in [2.05, 4.69) is 12.6 Å². The van der Waals surface area contributed by atoms with Crippen LogP contribution in [0.2, 0.25) is 0 Å². The molecule has 20 heavy (non-hydrogen) atoms. The summed E-state index contributed by atoms with van der Waals surface area (Å²) < 4.78 is 0. The van der Waals surface area contributed by atoms with Crippen molar-refractivity contribution in [1.29, 1.82) is 0 Å². The molecule has 5 heteroatoms. The number of carboxylic acids is 2. The maximum atomic E-state index is 11.3. The molecule has 0 unspecified atom stereocenters. The third-order valence-electron chi connectivity index (χ3n) is 3.22. The molecule has 0 fully saturated rings. The van der Waals surface area contributed by atoms with Gasteiger partial charge in [-0.2, -0.15) is 12.6 Å². The Hall–Kier alpha value is -1.49. The van der Waals surface area contributed by atoms with Crippen LogP contribution in [-0.2, 0) is 11.2 Å². The van der Waals surface area contributed by atoms with Crippen LogP contribution in [0.5, 0.6) is 0 Å². The summed E-state index contributed by atoms with van der Waals surface area (Å²) in [6.07, 6.45) is 3.81. The molecule has 0 bridgehead atoms. The summed E-state index contributed by atoms with van der Waals surface area (Å²) in [5, 5.41) is 18.2. The Morgan fingerprint density at radius 3 is 2.50 bits per heavy atom. The number of carbonyl (C=O) groups is 2. The van der Waals surface area contributed by atoms with E-state index in [-0.39, 0.29) is 5.56 Å². The lowest BCUT2D eigenvalue weighted by molar-refractivity contribution is -0.142. The highest BCUT2D eigenvalue weighted by atomic mass is 32.1. The van der Waals surface area contributed by atoms with E-state index in [1.165, 1.54) is 6.07 Å². The zero-order valence-corrected chi connectivity index (χ0v) is 12.2. The molecule has 0 spiro atoms. The Bertz CT molecular complexity index is 459. The first-order valence-electron chi connectivity index (χ1n) is 6.70. The Kier molecular flexibility index (Phi) is 7.15. The lowest BCUT2D eigenvalue weighted by Crippen LogP contribution is -2.16. The molecule has 0 aromatic heterocycles. The second-order valence-corrected chi connectivity index (χ2v) is 5.26. The van der Waals surface area contributed by atoms with Crippen LogP contribution in [-0.4, -0.2) is 27.9 Å². The Balaban J connectivity index is 2.63. The normalized spacial score (nSPS) is 12.1. The summed E-state index contributed by atoms with van der Waals surface area (Å²) in [5.74, 6) is -1.46. The zero-order valence-electron chi connectivity index (χ0n) is 11.3. The number of thiol groups is 1. The third-order valence-corrected chi connectivity index (χ3v) is 3.53. The minimum Gasteiger partial charge on any atom is -0.481 e. The molecule has 0 saturated heterocycles. The Labute approximate surface area is 124 Å². The van der Waals surface area contributed by atoms with Crippen molar-refractivity contribution in [3.8, 4) is 0 Å². The highest BCUT2D eigenvalue weighted by molar-refractivity contribution is 7.80. The van der Waals surface area contributed by atoms with Crippen molar-refractivity contribution in [2.45, 2.75) is 32.1 Å². The predicted molar refractivity (Wildman–Crippen MR) is 80.6 cm³/mol. The van der Waals surface area contributed by atoms with Gasteiger partial charge in [0, 0.05) is 0 Å². The molecule has 0 heterocycles. The highest BCUT2D eigenvalue weighted by Crippen LogP contribution is 2.17. The summed E-state index contributed by atoms with van der Waals surface area (Å²) in [7, 11) is 0. The van der Waals surface area contributed by atoms with Gasteiger partial charge in [0.2, 0.25) is 0 Å². The number of aliphatic carboxylic acids is 1. The first-order valence-corrected chi connectivity index (χ1v) is 7.33. The molecule has 1 aromatic carbocycles. The molecule has 4 nitrogen and oxygen atoms in total. The molecule has 110 valence electrons. The van der Waals surface area contributed by atoms with Crippen LogP contribution in [0.15, 0.2) is 24.3 Å². The second kappa shape index (κ2) is 8.64. The fraction of sp³-hybridized carbons (Fsp3) is 0.467. The van der Waals surface area contributed by atoms with Crippen LogP contribution < -0.4 is 0 Å². The Morgan fingerprint density at radius 2 is 1.90 bits per heavy atom. The average Bonchev–Trinajstić information content (AvgIpc) is 2.42. The minimum absolute atomic E-state index is 0.196. The van der Waals surface area contributed by atoms with E-state index >= 15 is 0 Å². The van der Waals surface area contributed by atoms with Gasteiger partial charge in [0.1, 0.15) is 0 Å². The second-order valence-electron chi connectivity index (χ2n) is 4.82. The van der Waals surface area contributed by atoms with Crippen LogP contribution in [0.1, 0.15) is 41.6 Å². The van der Waals surface area contributed by atoms with Gasteiger partial charge in [0.25, 0.3) is 0 Å². The molecule has 1 rings (SSSR count). The fourth-order valence-corrected chi connectivity index (χ4v) is 2.33. The molecule has 1 atom stereocenters. The van der Waals surface area contributed by atoms with Crippen molar-refractivity contribution in [2.24, 2.45) is 5.92 Å². The van der Waals surface area contributed by atoms with Crippen molar-refractivity contribution in [3.63, 3.8) is 0 Å². The quantitative estimate of drug-likeness (QED) is 0.483. The van der Waals surface area contributed by atoms with Gasteiger partial charge in [0.15, 0.2) is 0 Å². The molecule has 0 radical (unpaired) electrons. The number of rotatable bonds is 9. The number of hydrogen-bond donors (Lipinski definition) is 3. The van der Waals surface area contributed by atoms with E-state index in [1.807, 2.05) is 0 Å². The summed E-state index contributed by atoms with van der Waals surface area (Å²) >= 11 is 4.12. The van der Waals surface area contributed by atoms with Gasteiger partial charge in [-0.3, -0.25) is 4.79 Å². The maximum absolute atomic E-state index is 11.3. The van der Waals surface area contributed by atoms with Gasteiger partial charge < -0.3 is 10.2 Å². The lowest BCUT2D eigenvalue weighted by atomic mass is 9.93. The topological polar surface area (TPSA) is 74.6 Å². The highest BCUT2D eigenvalue weighted by Gasteiger charge is 2.18. The van der Waals surface area contributed by atoms with Crippen molar-refractivity contribution in [2.75, 3.05) is 5.75 Å². The lowest BCUT2D eigenvalue weighted by Gasteiger charge is -2.12. The molecular weight excluding hydrogens is 276 g/mol. The Morgan fingerprint density at radius 1 is 1.15 bits per heavy atom. The van der Waals surface area contributed by atoms with E-state index in [9.17, 15) is 14.7 Å². The monoisotopic (exact) mass is 296 g/mol. The van der Waals surface area contributed by atoms with Crippen LogP contribution in [0.25, 0.3) is 0 Å². The first kappa shape index (κ1) is 16.6. The summed E-state index contributed by atoms with van der Waals surface area (Å²) in [6, 6.07) is 6.48. The standard InChI is InChI=1S/C15H20O4S/c16-14(17)12(6-2-1-3-8-20)9-11-5-4-7-13(10-11)15(18)19/h4-5,7,10,12,20H,1-3,6,8-9H2,(H,16,17)(H,18,19)/t12-/m1/s1.